The first-order chi connectivity index (χ1) is 14.1. The van der Waals surface area contributed by atoms with Gasteiger partial charge in [-0.25, -0.2) is 4.79 Å². The van der Waals surface area contributed by atoms with Crippen LogP contribution in [0.1, 0.15) is 23.1 Å². The molecule has 1 heterocycles. The van der Waals surface area contributed by atoms with Crippen molar-refractivity contribution < 1.29 is 14.3 Å². The average molecular weight is 396 g/mol. The lowest BCUT2D eigenvalue weighted by Gasteiger charge is -2.10. The molecule has 0 saturated carbocycles. The summed E-state index contributed by atoms with van der Waals surface area (Å²) in [5.74, 6) is 1.45. The van der Waals surface area contributed by atoms with Crippen molar-refractivity contribution in [1.82, 2.24) is 15.6 Å². The lowest BCUT2D eigenvalue weighted by molar-refractivity contribution is 0.241. The van der Waals surface area contributed by atoms with Crippen LogP contribution in [-0.4, -0.2) is 38.3 Å². The molecule has 3 N–H and O–H groups in total. The Kier molecular flexibility index (Phi) is 7.00. The zero-order valence-electron chi connectivity index (χ0n) is 17.3. The summed E-state index contributed by atoms with van der Waals surface area (Å²) in [6, 6.07) is 12.1. The lowest BCUT2D eigenvalue weighted by Crippen LogP contribution is -2.37. The lowest BCUT2D eigenvalue weighted by atomic mass is 10.1. The summed E-state index contributed by atoms with van der Waals surface area (Å²) in [6.45, 7) is 3.30. The van der Waals surface area contributed by atoms with Gasteiger partial charge >= 0.3 is 6.03 Å². The Balaban J connectivity index is 1.37. The van der Waals surface area contributed by atoms with Crippen molar-refractivity contribution in [2.24, 2.45) is 0 Å². The molecule has 0 aliphatic rings. The van der Waals surface area contributed by atoms with E-state index in [2.05, 4.69) is 40.7 Å². The van der Waals surface area contributed by atoms with Crippen LogP contribution in [0.4, 0.5) is 4.79 Å². The third-order valence-electron chi connectivity index (χ3n) is 4.98. The van der Waals surface area contributed by atoms with E-state index >= 15 is 0 Å². The zero-order chi connectivity index (χ0) is 20.6. The minimum Gasteiger partial charge on any atom is -0.493 e. The molecule has 2 aromatic carbocycles. The maximum absolute atomic E-state index is 12.0. The first-order valence-electron chi connectivity index (χ1n) is 9.90. The van der Waals surface area contributed by atoms with E-state index in [1.807, 2.05) is 24.4 Å². The molecule has 0 unspecified atom stereocenters. The molecule has 2 amide bonds. The van der Waals surface area contributed by atoms with Crippen LogP contribution >= 0.6 is 0 Å². The fraction of sp³-hybridized carbons (Fsp3) is 0.348. The summed E-state index contributed by atoms with van der Waals surface area (Å²) in [6.07, 6.45) is 4.52. The van der Waals surface area contributed by atoms with Crippen molar-refractivity contribution in [3.8, 4) is 11.5 Å². The van der Waals surface area contributed by atoms with Crippen molar-refractivity contribution >= 4 is 16.9 Å². The van der Waals surface area contributed by atoms with E-state index in [0.717, 1.165) is 41.8 Å². The summed E-state index contributed by atoms with van der Waals surface area (Å²) in [7, 11) is 3.25. The molecule has 0 saturated heterocycles. The smallest absolute Gasteiger partial charge is 0.314 e. The van der Waals surface area contributed by atoms with Crippen molar-refractivity contribution in [2.45, 2.75) is 26.2 Å². The molecule has 0 spiro atoms. The predicted molar refractivity (Wildman–Crippen MR) is 116 cm³/mol. The Bertz CT molecular complexity index is 965. The summed E-state index contributed by atoms with van der Waals surface area (Å²) < 4.78 is 10.6. The molecule has 154 valence electrons. The Morgan fingerprint density at radius 3 is 2.55 bits per heavy atom. The number of ether oxygens (including phenoxy) is 2. The van der Waals surface area contributed by atoms with E-state index in [1.54, 1.807) is 14.2 Å². The number of aryl methyl sites for hydroxylation is 2. The molecule has 0 fully saturated rings. The highest BCUT2D eigenvalue weighted by Crippen LogP contribution is 2.27. The largest absolute Gasteiger partial charge is 0.493 e. The topological polar surface area (TPSA) is 75.4 Å². The van der Waals surface area contributed by atoms with Gasteiger partial charge in [0, 0.05) is 30.2 Å². The van der Waals surface area contributed by atoms with Crippen LogP contribution in [0.5, 0.6) is 11.5 Å². The Morgan fingerprint density at radius 1 is 0.966 bits per heavy atom. The summed E-state index contributed by atoms with van der Waals surface area (Å²) in [5, 5.41) is 7.06. The minimum absolute atomic E-state index is 0.131. The molecule has 6 nitrogen and oxygen atoms in total. The maximum atomic E-state index is 12.0. The second-order valence-corrected chi connectivity index (χ2v) is 7.09. The van der Waals surface area contributed by atoms with Crippen LogP contribution in [0.3, 0.4) is 0 Å². The molecule has 3 rings (SSSR count). The standard InChI is InChI=1S/C23H29N3O3/c1-16-6-8-19-18(15-26-20(19)13-16)10-12-25-23(27)24-11-4-5-17-7-9-21(28-2)22(14-17)29-3/h6-9,13-15,26H,4-5,10-12H2,1-3H3,(H2,24,25,27). The summed E-state index contributed by atoms with van der Waals surface area (Å²) in [4.78, 5) is 15.3. The number of carbonyl (C=O) groups is 1. The molecular formula is C23H29N3O3. The number of methoxy groups -OCH3 is 2. The SMILES string of the molecule is COc1ccc(CCCNC(=O)NCCc2c[nH]c3cc(C)ccc23)cc1OC. The van der Waals surface area contributed by atoms with E-state index in [-0.39, 0.29) is 6.03 Å². The van der Waals surface area contributed by atoms with Crippen LogP contribution in [0.2, 0.25) is 0 Å². The van der Waals surface area contributed by atoms with Crippen LogP contribution in [0.25, 0.3) is 10.9 Å². The van der Waals surface area contributed by atoms with Gasteiger partial charge in [-0.3, -0.25) is 0 Å². The highest BCUT2D eigenvalue weighted by Gasteiger charge is 2.06. The second-order valence-electron chi connectivity index (χ2n) is 7.09. The summed E-state index contributed by atoms with van der Waals surface area (Å²) in [5.41, 5.74) is 4.74. The van der Waals surface area contributed by atoms with E-state index in [4.69, 9.17) is 9.47 Å². The number of nitrogens with one attached hydrogen (secondary N) is 3. The maximum Gasteiger partial charge on any atom is 0.314 e. The number of benzene rings is 2. The van der Waals surface area contributed by atoms with Crippen LogP contribution < -0.4 is 20.1 Å². The van der Waals surface area contributed by atoms with Gasteiger partial charge in [0.25, 0.3) is 0 Å². The Labute approximate surface area is 171 Å². The van der Waals surface area contributed by atoms with E-state index in [9.17, 15) is 4.79 Å². The molecule has 0 atom stereocenters. The molecule has 1 aromatic heterocycles. The molecule has 0 bridgehead atoms. The predicted octanol–water partition coefficient (Wildman–Crippen LogP) is 3.97. The van der Waals surface area contributed by atoms with E-state index in [0.29, 0.717) is 13.1 Å². The van der Waals surface area contributed by atoms with Gasteiger partial charge in [0.15, 0.2) is 11.5 Å². The van der Waals surface area contributed by atoms with Gasteiger partial charge in [0.05, 0.1) is 14.2 Å². The fourth-order valence-corrected chi connectivity index (χ4v) is 3.41. The zero-order valence-corrected chi connectivity index (χ0v) is 17.3. The number of carbonyl (C=O) groups excluding carboxylic acids is 1. The minimum atomic E-state index is -0.131. The summed E-state index contributed by atoms with van der Waals surface area (Å²) >= 11 is 0. The van der Waals surface area contributed by atoms with Gasteiger partial charge < -0.3 is 25.1 Å². The number of H-pyrrole nitrogens is 1. The van der Waals surface area contributed by atoms with Gasteiger partial charge in [-0.1, -0.05) is 18.2 Å². The molecule has 3 aromatic rings. The van der Waals surface area contributed by atoms with Crippen molar-refractivity contribution in [1.29, 1.82) is 0 Å². The van der Waals surface area contributed by atoms with Crippen LogP contribution in [0, 0.1) is 6.92 Å². The number of fused-ring (bicyclic) bond motifs is 1. The third kappa shape index (κ3) is 5.44. The van der Waals surface area contributed by atoms with Gasteiger partial charge in [-0.05, 0) is 61.1 Å². The van der Waals surface area contributed by atoms with Crippen molar-refractivity contribution in [2.75, 3.05) is 27.3 Å². The molecule has 0 aliphatic carbocycles. The molecule has 0 radical (unpaired) electrons. The Morgan fingerprint density at radius 2 is 1.76 bits per heavy atom. The van der Waals surface area contributed by atoms with Crippen LogP contribution in [-0.2, 0) is 12.8 Å². The number of aromatic nitrogens is 1. The third-order valence-corrected chi connectivity index (χ3v) is 4.98. The first-order valence-corrected chi connectivity index (χ1v) is 9.90. The molecular weight excluding hydrogens is 366 g/mol. The van der Waals surface area contributed by atoms with Gasteiger partial charge in [0.2, 0.25) is 0 Å². The first kappa shape index (κ1) is 20.6. The highest BCUT2D eigenvalue weighted by atomic mass is 16.5. The number of hydrogen-bond acceptors (Lipinski definition) is 3. The van der Waals surface area contributed by atoms with Crippen LogP contribution in [0.15, 0.2) is 42.6 Å². The fourth-order valence-electron chi connectivity index (χ4n) is 3.41. The number of urea groups is 1. The van der Waals surface area contributed by atoms with Gasteiger partial charge in [-0.2, -0.15) is 0 Å². The molecule has 0 aliphatic heterocycles. The number of amides is 2. The van der Waals surface area contributed by atoms with Gasteiger partial charge in [-0.15, -0.1) is 0 Å². The highest BCUT2D eigenvalue weighted by molar-refractivity contribution is 5.83. The quantitative estimate of drug-likeness (QED) is 0.480. The average Bonchev–Trinajstić information content (AvgIpc) is 3.13. The van der Waals surface area contributed by atoms with Crippen molar-refractivity contribution in [3.05, 3.63) is 59.3 Å². The second kappa shape index (κ2) is 9.87. The van der Waals surface area contributed by atoms with Crippen molar-refractivity contribution in [3.63, 3.8) is 0 Å². The van der Waals surface area contributed by atoms with E-state index in [1.165, 1.54) is 16.5 Å². The number of aromatic amines is 1. The van der Waals surface area contributed by atoms with E-state index < -0.39 is 0 Å². The Hall–Kier alpha value is -3.15. The normalized spacial score (nSPS) is 10.7. The number of hydrogen-bond donors (Lipinski definition) is 3. The molecule has 29 heavy (non-hydrogen) atoms. The van der Waals surface area contributed by atoms with Gasteiger partial charge in [0.1, 0.15) is 0 Å². The monoisotopic (exact) mass is 395 g/mol. The number of rotatable bonds is 9. The molecule has 6 heteroatoms.